The van der Waals surface area contributed by atoms with Gasteiger partial charge in [-0.05, 0) is 41.7 Å². The van der Waals surface area contributed by atoms with Gasteiger partial charge in [0.05, 0.1) is 13.7 Å². The molecular formula is C21H27NO4. The number of esters is 1. The SMILES string of the molecule is COCc1ccc(CNCc2cc(C)c(OCC(=O)OC)c(C)c2)cc1. The molecule has 0 aromatic heterocycles. The summed E-state index contributed by atoms with van der Waals surface area (Å²) < 4.78 is 15.3. The highest BCUT2D eigenvalue weighted by Crippen LogP contribution is 2.25. The number of hydrogen-bond acceptors (Lipinski definition) is 5. The molecule has 5 heteroatoms. The molecule has 0 heterocycles. The summed E-state index contributed by atoms with van der Waals surface area (Å²) in [5.41, 5.74) is 5.60. The van der Waals surface area contributed by atoms with Gasteiger partial charge in [-0.15, -0.1) is 0 Å². The average molecular weight is 357 g/mol. The van der Waals surface area contributed by atoms with E-state index in [1.165, 1.54) is 23.8 Å². The Morgan fingerprint density at radius 1 is 0.923 bits per heavy atom. The second-order valence-corrected chi connectivity index (χ2v) is 6.28. The van der Waals surface area contributed by atoms with Crippen LogP contribution < -0.4 is 10.1 Å². The molecule has 2 rings (SSSR count). The van der Waals surface area contributed by atoms with Crippen molar-refractivity contribution in [3.63, 3.8) is 0 Å². The van der Waals surface area contributed by atoms with Crippen LogP contribution in [0.25, 0.3) is 0 Å². The lowest BCUT2D eigenvalue weighted by molar-refractivity contribution is -0.142. The van der Waals surface area contributed by atoms with Crippen LogP contribution in [0.15, 0.2) is 36.4 Å². The summed E-state index contributed by atoms with van der Waals surface area (Å²) >= 11 is 0. The first-order valence-corrected chi connectivity index (χ1v) is 8.60. The van der Waals surface area contributed by atoms with Gasteiger partial charge in [0.25, 0.3) is 0 Å². The van der Waals surface area contributed by atoms with Crippen molar-refractivity contribution in [2.75, 3.05) is 20.8 Å². The summed E-state index contributed by atoms with van der Waals surface area (Å²) in [5.74, 6) is 0.360. The number of ether oxygens (including phenoxy) is 3. The Bertz CT molecular complexity index is 702. The number of hydrogen-bond donors (Lipinski definition) is 1. The molecule has 0 fully saturated rings. The second kappa shape index (κ2) is 9.94. The van der Waals surface area contributed by atoms with Crippen molar-refractivity contribution in [2.45, 2.75) is 33.5 Å². The molecule has 26 heavy (non-hydrogen) atoms. The molecule has 0 aliphatic rings. The van der Waals surface area contributed by atoms with Crippen LogP contribution in [0.2, 0.25) is 0 Å². The molecule has 0 unspecified atom stereocenters. The van der Waals surface area contributed by atoms with Crippen molar-refractivity contribution in [3.8, 4) is 5.75 Å². The fourth-order valence-electron chi connectivity index (χ4n) is 2.83. The Morgan fingerprint density at radius 3 is 2.08 bits per heavy atom. The molecule has 0 atom stereocenters. The van der Waals surface area contributed by atoms with Crippen LogP contribution in [0.4, 0.5) is 0 Å². The van der Waals surface area contributed by atoms with Crippen LogP contribution in [0, 0.1) is 13.8 Å². The van der Waals surface area contributed by atoms with Gasteiger partial charge in [-0.2, -0.15) is 0 Å². The molecular weight excluding hydrogens is 330 g/mol. The van der Waals surface area contributed by atoms with E-state index in [0.29, 0.717) is 6.61 Å². The van der Waals surface area contributed by atoms with Crippen molar-refractivity contribution in [1.29, 1.82) is 0 Å². The molecule has 2 aromatic rings. The summed E-state index contributed by atoms with van der Waals surface area (Å²) in [6.45, 7) is 6.09. The maximum absolute atomic E-state index is 11.2. The van der Waals surface area contributed by atoms with Crippen LogP contribution in [0.3, 0.4) is 0 Å². The molecule has 0 amide bonds. The van der Waals surface area contributed by atoms with E-state index in [0.717, 1.165) is 30.0 Å². The number of benzene rings is 2. The van der Waals surface area contributed by atoms with E-state index in [9.17, 15) is 4.79 Å². The molecule has 0 aliphatic heterocycles. The smallest absolute Gasteiger partial charge is 0.343 e. The lowest BCUT2D eigenvalue weighted by atomic mass is 10.1. The topological polar surface area (TPSA) is 56.8 Å². The Morgan fingerprint density at radius 2 is 1.50 bits per heavy atom. The molecule has 0 spiro atoms. The summed E-state index contributed by atoms with van der Waals surface area (Å²) in [4.78, 5) is 11.2. The molecule has 1 N–H and O–H groups in total. The first-order chi connectivity index (χ1) is 12.5. The standard InChI is InChI=1S/C21H27NO4/c1-15-9-19(10-16(2)21(15)26-14-20(23)25-4)12-22-11-17-5-7-18(8-6-17)13-24-3/h5-10,22H,11-14H2,1-4H3. The van der Waals surface area contributed by atoms with Crippen LogP contribution in [-0.4, -0.2) is 26.8 Å². The van der Waals surface area contributed by atoms with Crippen molar-refractivity contribution >= 4 is 5.97 Å². The van der Waals surface area contributed by atoms with E-state index >= 15 is 0 Å². The minimum atomic E-state index is -0.383. The van der Waals surface area contributed by atoms with Gasteiger partial charge in [0.2, 0.25) is 0 Å². The first-order valence-electron chi connectivity index (χ1n) is 8.60. The number of aryl methyl sites for hydroxylation is 2. The van der Waals surface area contributed by atoms with Gasteiger partial charge in [-0.1, -0.05) is 36.4 Å². The van der Waals surface area contributed by atoms with Gasteiger partial charge in [0, 0.05) is 20.2 Å². The van der Waals surface area contributed by atoms with Crippen LogP contribution in [0.5, 0.6) is 5.75 Å². The Balaban J connectivity index is 1.90. The Kier molecular flexibility index (Phi) is 7.63. The third-order valence-corrected chi connectivity index (χ3v) is 4.07. The number of methoxy groups -OCH3 is 2. The van der Waals surface area contributed by atoms with Crippen LogP contribution >= 0.6 is 0 Å². The minimum Gasteiger partial charge on any atom is -0.481 e. The fourth-order valence-corrected chi connectivity index (χ4v) is 2.83. The second-order valence-electron chi connectivity index (χ2n) is 6.28. The lowest BCUT2D eigenvalue weighted by Crippen LogP contribution is -2.15. The van der Waals surface area contributed by atoms with E-state index < -0.39 is 0 Å². The summed E-state index contributed by atoms with van der Waals surface area (Å²) in [6, 6.07) is 12.6. The molecule has 2 aromatic carbocycles. The summed E-state index contributed by atoms with van der Waals surface area (Å²) in [7, 11) is 3.05. The van der Waals surface area contributed by atoms with E-state index in [4.69, 9.17) is 9.47 Å². The highest BCUT2D eigenvalue weighted by Gasteiger charge is 2.09. The van der Waals surface area contributed by atoms with Gasteiger partial charge in [0.15, 0.2) is 6.61 Å². The van der Waals surface area contributed by atoms with Crippen LogP contribution in [0.1, 0.15) is 27.8 Å². The van der Waals surface area contributed by atoms with Gasteiger partial charge in [-0.3, -0.25) is 0 Å². The maximum Gasteiger partial charge on any atom is 0.343 e. The number of carbonyl (C=O) groups is 1. The van der Waals surface area contributed by atoms with E-state index in [1.807, 2.05) is 13.8 Å². The maximum atomic E-state index is 11.2. The summed E-state index contributed by atoms with van der Waals surface area (Å²) in [6.07, 6.45) is 0. The molecule has 0 radical (unpaired) electrons. The lowest BCUT2D eigenvalue weighted by Gasteiger charge is -2.14. The molecule has 140 valence electrons. The Labute approximate surface area is 155 Å². The number of nitrogens with one attached hydrogen (secondary N) is 1. The molecule has 0 bridgehead atoms. The van der Waals surface area contributed by atoms with E-state index in [-0.39, 0.29) is 12.6 Å². The van der Waals surface area contributed by atoms with E-state index in [1.54, 1.807) is 7.11 Å². The summed E-state index contributed by atoms with van der Waals surface area (Å²) in [5, 5.41) is 3.46. The predicted molar refractivity (Wildman–Crippen MR) is 101 cm³/mol. The van der Waals surface area contributed by atoms with Crippen molar-refractivity contribution in [1.82, 2.24) is 5.32 Å². The number of carbonyl (C=O) groups excluding carboxylic acids is 1. The highest BCUT2D eigenvalue weighted by molar-refractivity contribution is 5.71. The molecule has 5 nitrogen and oxygen atoms in total. The van der Waals surface area contributed by atoms with Crippen molar-refractivity contribution < 1.29 is 19.0 Å². The predicted octanol–water partition coefficient (Wildman–Crippen LogP) is 3.29. The number of rotatable bonds is 9. The van der Waals surface area contributed by atoms with Crippen molar-refractivity contribution in [2.24, 2.45) is 0 Å². The van der Waals surface area contributed by atoms with Crippen LogP contribution in [-0.2, 0) is 34.0 Å². The van der Waals surface area contributed by atoms with E-state index in [2.05, 4.69) is 46.5 Å². The minimum absolute atomic E-state index is 0.0746. The largest absolute Gasteiger partial charge is 0.481 e. The zero-order chi connectivity index (χ0) is 18.9. The Hall–Kier alpha value is -2.37. The zero-order valence-electron chi connectivity index (χ0n) is 15.9. The highest BCUT2D eigenvalue weighted by atomic mass is 16.6. The van der Waals surface area contributed by atoms with Crippen molar-refractivity contribution in [3.05, 3.63) is 64.2 Å². The van der Waals surface area contributed by atoms with Gasteiger partial charge >= 0.3 is 5.97 Å². The van der Waals surface area contributed by atoms with Gasteiger partial charge in [-0.25, -0.2) is 4.79 Å². The first kappa shape index (κ1) is 19.9. The normalized spacial score (nSPS) is 10.6. The average Bonchev–Trinajstić information content (AvgIpc) is 2.62. The molecule has 0 aliphatic carbocycles. The monoisotopic (exact) mass is 357 g/mol. The third-order valence-electron chi connectivity index (χ3n) is 4.07. The zero-order valence-corrected chi connectivity index (χ0v) is 15.9. The van der Waals surface area contributed by atoms with Gasteiger partial charge in [0.1, 0.15) is 5.75 Å². The quantitative estimate of drug-likeness (QED) is 0.698. The fraction of sp³-hybridized carbons (Fsp3) is 0.381. The molecule has 0 saturated heterocycles. The molecule has 0 saturated carbocycles. The third kappa shape index (κ3) is 5.86. The van der Waals surface area contributed by atoms with Gasteiger partial charge < -0.3 is 19.5 Å².